The Morgan fingerprint density at radius 3 is 2.72 bits per heavy atom. The van der Waals surface area contributed by atoms with Gasteiger partial charge in [-0.2, -0.15) is 5.10 Å². The maximum absolute atomic E-state index is 11.2. The van der Waals surface area contributed by atoms with Crippen molar-refractivity contribution >= 4 is 28.9 Å². The Kier molecular flexibility index (Phi) is 4.59. The molecule has 0 saturated heterocycles. The molecule has 0 bridgehead atoms. The number of imidazole rings is 1. The SMILES string of the molecule is Cc1ccc([N+](=O)[O-])cc1-n1c(C)cc(/C=N\Nc2nc3ccccc3[nH]2)c1C. The van der Waals surface area contributed by atoms with Crippen molar-refractivity contribution in [1.29, 1.82) is 0 Å². The van der Waals surface area contributed by atoms with Crippen LogP contribution in [0.25, 0.3) is 16.7 Å². The van der Waals surface area contributed by atoms with Crippen molar-refractivity contribution in [2.45, 2.75) is 20.8 Å². The summed E-state index contributed by atoms with van der Waals surface area (Å²) in [5.41, 5.74) is 9.37. The number of nitrogens with one attached hydrogen (secondary N) is 2. The smallest absolute Gasteiger partial charge is 0.271 e. The van der Waals surface area contributed by atoms with Crippen LogP contribution in [-0.4, -0.2) is 25.7 Å². The van der Waals surface area contributed by atoms with E-state index < -0.39 is 0 Å². The first-order valence-corrected chi connectivity index (χ1v) is 9.12. The topological polar surface area (TPSA) is 101 Å². The van der Waals surface area contributed by atoms with Crippen molar-refractivity contribution in [3.05, 3.63) is 81.2 Å². The molecule has 4 aromatic rings. The molecule has 0 aliphatic rings. The van der Waals surface area contributed by atoms with Gasteiger partial charge in [-0.3, -0.25) is 10.1 Å². The van der Waals surface area contributed by atoms with Crippen LogP contribution in [0.1, 0.15) is 22.5 Å². The molecule has 2 N–H and O–H groups in total. The molecular weight excluding hydrogens is 368 g/mol. The molecule has 0 radical (unpaired) electrons. The second kappa shape index (κ2) is 7.23. The van der Waals surface area contributed by atoms with E-state index in [2.05, 4.69) is 20.5 Å². The fourth-order valence-corrected chi connectivity index (χ4v) is 3.41. The highest BCUT2D eigenvalue weighted by Crippen LogP contribution is 2.26. The molecule has 0 saturated carbocycles. The number of hydrogen-bond acceptors (Lipinski definition) is 5. The zero-order valence-corrected chi connectivity index (χ0v) is 16.3. The number of aromatic nitrogens is 3. The number of nitrogens with zero attached hydrogens (tertiary/aromatic N) is 4. The van der Waals surface area contributed by atoms with Crippen LogP contribution in [0.3, 0.4) is 0 Å². The fraction of sp³-hybridized carbons (Fsp3) is 0.143. The van der Waals surface area contributed by atoms with E-state index in [1.54, 1.807) is 18.3 Å². The lowest BCUT2D eigenvalue weighted by Gasteiger charge is -2.12. The molecule has 0 atom stereocenters. The third-order valence-corrected chi connectivity index (χ3v) is 4.88. The van der Waals surface area contributed by atoms with Gasteiger partial charge in [0.1, 0.15) is 0 Å². The summed E-state index contributed by atoms with van der Waals surface area (Å²) in [4.78, 5) is 18.4. The molecule has 0 spiro atoms. The molecule has 2 heterocycles. The third-order valence-electron chi connectivity index (χ3n) is 4.88. The summed E-state index contributed by atoms with van der Waals surface area (Å²) >= 11 is 0. The lowest BCUT2D eigenvalue weighted by atomic mass is 10.1. The molecular formula is C21H20N6O2. The van der Waals surface area contributed by atoms with Crippen molar-refractivity contribution in [3.63, 3.8) is 0 Å². The number of anilines is 1. The van der Waals surface area contributed by atoms with Gasteiger partial charge < -0.3 is 9.55 Å². The van der Waals surface area contributed by atoms with Gasteiger partial charge in [-0.25, -0.2) is 10.4 Å². The van der Waals surface area contributed by atoms with Crippen LogP contribution in [0.4, 0.5) is 11.6 Å². The van der Waals surface area contributed by atoms with E-state index in [0.29, 0.717) is 5.95 Å². The molecule has 2 aromatic carbocycles. The number of non-ortho nitro benzene ring substituents is 1. The van der Waals surface area contributed by atoms with Crippen LogP contribution >= 0.6 is 0 Å². The lowest BCUT2D eigenvalue weighted by molar-refractivity contribution is -0.384. The molecule has 8 nitrogen and oxygen atoms in total. The molecule has 146 valence electrons. The number of fused-ring (bicyclic) bond motifs is 1. The summed E-state index contributed by atoms with van der Waals surface area (Å²) in [5, 5.41) is 15.5. The first-order valence-electron chi connectivity index (χ1n) is 9.12. The molecule has 0 fully saturated rings. The van der Waals surface area contributed by atoms with Crippen LogP contribution in [-0.2, 0) is 0 Å². The van der Waals surface area contributed by atoms with Gasteiger partial charge in [0, 0.05) is 29.1 Å². The standard InChI is InChI=1S/C21H20N6O2/c1-13-8-9-17(27(28)29)11-20(13)26-14(2)10-16(15(26)3)12-22-25-21-23-18-6-4-5-7-19(18)24-21/h4-12H,1-3H3,(H2,23,24,25)/b22-12-. The number of hydrogen-bond donors (Lipinski definition) is 2. The average molecular weight is 388 g/mol. The van der Waals surface area contributed by atoms with Crippen LogP contribution in [0.5, 0.6) is 0 Å². The van der Waals surface area contributed by atoms with Gasteiger partial charge in [-0.05, 0) is 44.5 Å². The Balaban J connectivity index is 1.63. The highest BCUT2D eigenvalue weighted by molar-refractivity contribution is 5.83. The molecule has 0 unspecified atom stereocenters. The van der Waals surface area contributed by atoms with E-state index in [-0.39, 0.29) is 10.6 Å². The first kappa shape index (κ1) is 18.4. The minimum absolute atomic E-state index is 0.0693. The van der Waals surface area contributed by atoms with E-state index in [0.717, 1.165) is 39.2 Å². The highest BCUT2D eigenvalue weighted by atomic mass is 16.6. The predicted octanol–water partition coefficient (Wildman–Crippen LogP) is 4.63. The molecule has 0 aliphatic heterocycles. The van der Waals surface area contributed by atoms with E-state index in [9.17, 15) is 10.1 Å². The Morgan fingerprint density at radius 1 is 1.17 bits per heavy atom. The maximum Gasteiger partial charge on any atom is 0.271 e. The Hall–Kier alpha value is -3.94. The van der Waals surface area contributed by atoms with Crippen LogP contribution < -0.4 is 5.43 Å². The number of H-pyrrole nitrogens is 1. The zero-order chi connectivity index (χ0) is 20.5. The molecule has 0 amide bonds. The van der Waals surface area contributed by atoms with Crippen molar-refractivity contribution in [2.75, 3.05) is 5.43 Å². The lowest BCUT2D eigenvalue weighted by Crippen LogP contribution is -2.03. The summed E-state index contributed by atoms with van der Waals surface area (Å²) in [6.07, 6.45) is 1.72. The quantitative estimate of drug-likeness (QED) is 0.296. The van der Waals surface area contributed by atoms with Crippen LogP contribution in [0.2, 0.25) is 0 Å². The second-order valence-electron chi connectivity index (χ2n) is 6.86. The summed E-state index contributed by atoms with van der Waals surface area (Å²) in [5.74, 6) is 0.561. The molecule has 0 aliphatic carbocycles. The second-order valence-corrected chi connectivity index (χ2v) is 6.86. The van der Waals surface area contributed by atoms with Gasteiger partial charge >= 0.3 is 0 Å². The monoisotopic (exact) mass is 388 g/mol. The summed E-state index contributed by atoms with van der Waals surface area (Å²) in [6.45, 7) is 5.87. The average Bonchev–Trinajstić information content (AvgIpc) is 3.22. The first-order chi connectivity index (χ1) is 13.9. The normalized spacial score (nSPS) is 11.4. The van der Waals surface area contributed by atoms with Crippen molar-refractivity contribution in [1.82, 2.24) is 14.5 Å². The van der Waals surface area contributed by atoms with Crippen LogP contribution in [0, 0.1) is 30.9 Å². The fourth-order valence-electron chi connectivity index (χ4n) is 3.41. The van der Waals surface area contributed by atoms with Gasteiger partial charge in [-0.1, -0.05) is 18.2 Å². The molecule has 2 aromatic heterocycles. The number of benzene rings is 2. The number of aryl methyl sites for hydroxylation is 2. The van der Waals surface area contributed by atoms with Crippen molar-refractivity contribution < 1.29 is 4.92 Å². The molecule has 8 heteroatoms. The van der Waals surface area contributed by atoms with Gasteiger partial charge in [0.2, 0.25) is 5.95 Å². The minimum Gasteiger partial charge on any atom is -0.323 e. The van der Waals surface area contributed by atoms with Gasteiger partial charge in [0.05, 0.1) is 27.9 Å². The summed E-state index contributed by atoms with van der Waals surface area (Å²) in [6, 6.07) is 14.6. The maximum atomic E-state index is 11.2. The Bertz CT molecular complexity index is 1220. The Morgan fingerprint density at radius 2 is 1.97 bits per heavy atom. The molecule has 4 rings (SSSR count). The Labute approximate surface area is 167 Å². The van der Waals surface area contributed by atoms with E-state index in [1.165, 1.54) is 6.07 Å². The number of nitro benzene ring substituents is 1. The number of rotatable bonds is 5. The largest absolute Gasteiger partial charge is 0.323 e. The van der Waals surface area contributed by atoms with Gasteiger partial charge in [0.25, 0.3) is 5.69 Å². The summed E-state index contributed by atoms with van der Waals surface area (Å²) in [7, 11) is 0. The van der Waals surface area contributed by atoms with Crippen molar-refractivity contribution in [3.8, 4) is 5.69 Å². The predicted molar refractivity (Wildman–Crippen MR) is 114 cm³/mol. The zero-order valence-electron chi connectivity index (χ0n) is 16.3. The number of hydrazone groups is 1. The van der Waals surface area contributed by atoms with E-state index in [4.69, 9.17) is 0 Å². The number of nitro groups is 1. The van der Waals surface area contributed by atoms with Crippen molar-refractivity contribution in [2.24, 2.45) is 5.10 Å². The number of para-hydroxylation sites is 2. The van der Waals surface area contributed by atoms with E-state index >= 15 is 0 Å². The van der Waals surface area contributed by atoms with E-state index in [1.807, 2.05) is 55.7 Å². The number of aromatic amines is 1. The van der Waals surface area contributed by atoms with Crippen LogP contribution in [0.15, 0.2) is 53.6 Å². The summed E-state index contributed by atoms with van der Waals surface area (Å²) < 4.78 is 2.00. The molecule has 29 heavy (non-hydrogen) atoms. The minimum atomic E-state index is -0.378. The highest BCUT2D eigenvalue weighted by Gasteiger charge is 2.15. The van der Waals surface area contributed by atoms with Gasteiger partial charge in [0.15, 0.2) is 0 Å². The third kappa shape index (κ3) is 3.47. The van der Waals surface area contributed by atoms with Gasteiger partial charge in [-0.15, -0.1) is 0 Å².